The molecule has 0 radical (unpaired) electrons. The molecule has 0 aliphatic rings. The summed E-state index contributed by atoms with van der Waals surface area (Å²) in [7, 11) is 0. The molecule has 0 saturated carbocycles. The molecule has 1 heteroatoms. The number of hydrogen-bond donors (Lipinski definition) is 0. The molecule has 2 aromatic rings. The zero-order valence-corrected chi connectivity index (χ0v) is 6.78. The molecule has 0 heterocycles. The summed E-state index contributed by atoms with van der Waals surface area (Å²) in [5.74, 6) is 0. The average Bonchev–Trinajstić information content (AvgIpc) is 2.05. The maximum Gasteiger partial charge on any atom is 1.00 e. The van der Waals surface area contributed by atoms with Crippen LogP contribution in [0.5, 0.6) is 0 Å². The minimum Gasteiger partial charge on any atom is -0.147 e. The van der Waals surface area contributed by atoms with Crippen molar-refractivity contribution in [3.63, 3.8) is 0 Å². The van der Waals surface area contributed by atoms with Gasteiger partial charge < -0.3 is 0 Å². The van der Waals surface area contributed by atoms with Crippen LogP contribution < -0.4 is 0 Å². The van der Waals surface area contributed by atoms with Crippen molar-refractivity contribution in [1.82, 2.24) is 0 Å². The molecular weight excluding hydrogens is 184 g/mol. The maximum absolute atomic E-state index is 3.15. The quantitative estimate of drug-likeness (QED) is 0.443. The van der Waals surface area contributed by atoms with E-state index in [-0.39, 0.29) is 17.1 Å². The van der Waals surface area contributed by atoms with Gasteiger partial charge in [0.2, 0.25) is 0 Å². The summed E-state index contributed by atoms with van der Waals surface area (Å²) in [4.78, 5) is 0. The topological polar surface area (TPSA) is 0 Å². The molecule has 2 rings (SSSR count). The summed E-state index contributed by atoms with van der Waals surface area (Å²) >= 11 is 0. The van der Waals surface area contributed by atoms with Crippen molar-refractivity contribution >= 4 is 10.8 Å². The molecule has 0 atom stereocenters. The second-order valence-electron chi connectivity index (χ2n) is 2.26. The van der Waals surface area contributed by atoms with Crippen LogP contribution in [0, 0.1) is 6.07 Å². The molecular formula is C10H7Cu. The average molecular weight is 191 g/mol. The number of rotatable bonds is 0. The number of benzene rings is 2. The van der Waals surface area contributed by atoms with Gasteiger partial charge in [0, 0.05) is 0 Å². The van der Waals surface area contributed by atoms with Crippen LogP contribution in [-0.4, -0.2) is 0 Å². The van der Waals surface area contributed by atoms with Crippen LogP contribution in [0.2, 0.25) is 0 Å². The molecule has 0 bridgehead atoms. The Morgan fingerprint density at radius 3 is 2.45 bits per heavy atom. The molecule has 0 unspecified atom stereocenters. The van der Waals surface area contributed by atoms with E-state index < -0.39 is 0 Å². The SMILES string of the molecule is [Cu+].[c-]1cccc2ccccc12. The van der Waals surface area contributed by atoms with Gasteiger partial charge in [0.15, 0.2) is 0 Å². The van der Waals surface area contributed by atoms with E-state index in [1.54, 1.807) is 0 Å². The fraction of sp³-hybridized carbons (Fsp3) is 0. The molecule has 0 aliphatic carbocycles. The first-order valence-corrected chi connectivity index (χ1v) is 3.32. The predicted octanol–water partition coefficient (Wildman–Crippen LogP) is 2.64. The second kappa shape index (κ2) is 3.56. The van der Waals surface area contributed by atoms with Crippen LogP contribution in [0.4, 0.5) is 0 Å². The Hall–Kier alpha value is -0.781. The summed E-state index contributed by atoms with van der Waals surface area (Å²) in [6.45, 7) is 0. The molecule has 2 aromatic carbocycles. The van der Waals surface area contributed by atoms with E-state index in [1.807, 2.05) is 24.3 Å². The van der Waals surface area contributed by atoms with Crippen LogP contribution >= 0.6 is 0 Å². The van der Waals surface area contributed by atoms with E-state index in [4.69, 9.17) is 0 Å². The molecule has 11 heavy (non-hydrogen) atoms. The molecule has 0 fully saturated rings. The Kier molecular flexibility index (Phi) is 2.69. The summed E-state index contributed by atoms with van der Waals surface area (Å²) in [6.07, 6.45) is 0. The van der Waals surface area contributed by atoms with E-state index >= 15 is 0 Å². The van der Waals surface area contributed by atoms with Gasteiger partial charge in [0.1, 0.15) is 0 Å². The first-order valence-electron chi connectivity index (χ1n) is 3.32. The van der Waals surface area contributed by atoms with Gasteiger partial charge in [-0.15, -0.1) is 47.2 Å². The van der Waals surface area contributed by atoms with Crippen molar-refractivity contribution in [3.05, 3.63) is 48.5 Å². The zero-order valence-electron chi connectivity index (χ0n) is 5.84. The van der Waals surface area contributed by atoms with Crippen molar-refractivity contribution in [1.29, 1.82) is 0 Å². The molecule has 0 nitrogen and oxygen atoms in total. The fourth-order valence-electron chi connectivity index (χ4n) is 1.06. The minimum atomic E-state index is 0. The normalized spacial score (nSPS) is 9.09. The first kappa shape index (κ1) is 8.32. The molecule has 0 aromatic heterocycles. The van der Waals surface area contributed by atoms with Gasteiger partial charge in [0.05, 0.1) is 0 Å². The van der Waals surface area contributed by atoms with E-state index in [0.717, 1.165) is 0 Å². The third-order valence-corrected chi connectivity index (χ3v) is 1.57. The van der Waals surface area contributed by atoms with Gasteiger partial charge in [-0.05, 0) is 0 Å². The monoisotopic (exact) mass is 190 g/mol. The summed E-state index contributed by atoms with van der Waals surface area (Å²) in [5, 5.41) is 2.44. The van der Waals surface area contributed by atoms with Gasteiger partial charge >= 0.3 is 17.1 Å². The summed E-state index contributed by atoms with van der Waals surface area (Å²) in [6, 6.07) is 17.4. The third-order valence-electron chi connectivity index (χ3n) is 1.57. The Morgan fingerprint density at radius 2 is 1.64 bits per heavy atom. The Morgan fingerprint density at radius 1 is 0.909 bits per heavy atom. The van der Waals surface area contributed by atoms with Crippen LogP contribution in [0.25, 0.3) is 10.8 Å². The minimum absolute atomic E-state index is 0. The van der Waals surface area contributed by atoms with Gasteiger partial charge in [-0.2, -0.15) is 0 Å². The van der Waals surface area contributed by atoms with Crippen molar-refractivity contribution in [3.8, 4) is 0 Å². The summed E-state index contributed by atoms with van der Waals surface area (Å²) < 4.78 is 0. The zero-order chi connectivity index (χ0) is 6.81. The maximum atomic E-state index is 3.15. The van der Waals surface area contributed by atoms with Gasteiger partial charge in [-0.25, -0.2) is 0 Å². The first-order chi connectivity index (χ1) is 4.97. The van der Waals surface area contributed by atoms with Gasteiger partial charge in [0.25, 0.3) is 0 Å². The van der Waals surface area contributed by atoms with Crippen molar-refractivity contribution < 1.29 is 17.1 Å². The van der Waals surface area contributed by atoms with E-state index in [9.17, 15) is 0 Å². The molecule has 0 spiro atoms. The van der Waals surface area contributed by atoms with Crippen molar-refractivity contribution in [2.45, 2.75) is 0 Å². The third kappa shape index (κ3) is 1.62. The van der Waals surface area contributed by atoms with Crippen molar-refractivity contribution in [2.75, 3.05) is 0 Å². The van der Waals surface area contributed by atoms with E-state index in [0.29, 0.717) is 0 Å². The molecule has 58 valence electrons. The van der Waals surface area contributed by atoms with Gasteiger partial charge in [-0.1, -0.05) is 12.1 Å². The van der Waals surface area contributed by atoms with Crippen LogP contribution in [0.1, 0.15) is 0 Å². The molecule has 0 aliphatic heterocycles. The standard InChI is InChI=1S/C10H7.Cu/c1-2-6-10-8-4-3-7-9(10)5-1;/h1-7H;/q-1;+1. The van der Waals surface area contributed by atoms with Crippen LogP contribution in [-0.2, 0) is 17.1 Å². The molecule has 0 N–H and O–H groups in total. The number of hydrogen-bond acceptors (Lipinski definition) is 0. The molecule has 0 amide bonds. The van der Waals surface area contributed by atoms with Crippen molar-refractivity contribution in [2.24, 2.45) is 0 Å². The molecule has 0 saturated heterocycles. The fourth-order valence-corrected chi connectivity index (χ4v) is 1.06. The smallest absolute Gasteiger partial charge is 0.147 e. The van der Waals surface area contributed by atoms with Crippen LogP contribution in [0.3, 0.4) is 0 Å². The Labute approximate surface area is 76.7 Å². The van der Waals surface area contributed by atoms with E-state index in [2.05, 4.69) is 24.3 Å². The van der Waals surface area contributed by atoms with Gasteiger partial charge in [-0.3, -0.25) is 0 Å². The van der Waals surface area contributed by atoms with Crippen LogP contribution in [0.15, 0.2) is 42.5 Å². The predicted molar refractivity (Wildman–Crippen MR) is 42.8 cm³/mol. The Bertz CT molecular complexity index is 276. The number of fused-ring (bicyclic) bond motifs is 1. The largest absolute Gasteiger partial charge is 1.00 e. The van der Waals surface area contributed by atoms with E-state index in [1.165, 1.54) is 10.8 Å². The second-order valence-corrected chi connectivity index (χ2v) is 2.26. The Balaban J connectivity index is 0.000000605. The summed E-state index contributed by atoms with van der Waals surface area (Å²) in [5.41, 5.74) is 0.